The number of hydrogen-bond acceptors (Lipinski definition) is 7. The van der Waals surface area contributed by atoms with Crippen LogP contribution < -0.4 is 14.8 Å². The van der Waals surface area contributed by atoms with Crippen LogP contribution in [0.5, 0.6) is 11.5 Å². The van der Waals surface area contributed by atoms with E-state index in [0.717, 1.165) is 11.9 Å². The summed E-state index contributed by atoms with van der Waals surface area (Å²) in [5, 5.41) is 12.4. The predicted octanol–water partition coefficient (Wildman–Crippen LogP) is 4.21. The summed E-state index contributed by atoms with van der Waals surface area (Å²) in [6.45, 7) is 1.93. The molecule has 1 aliphatic carbocycles. The Morgan fingerprint density at radius 1 is 1.11 bits per heavy atom. The summed E-state index contributed by atoms with van der Waals surface area (Å²) in [5.74, 6) is -0.547. The zero-order valence-electron chi connectivity index (χ0n) is 20.4. The van der Waals surface area contributed by atoms with Crippen molar-refractivity contribution in [3.8, 4) is 17.6 Å². The van der Waals surface area contributed by atoms with Gasteiger partial charge in [0, 0.05) is 47.3 Å². The summed E-state index contributed by atoms with van der Waals surface area (Å²) in [6, 6.07) is 12.4. The van der Waals surface area contributed by atoms with Crippen LogP contribution in [-0.2, 0) is 16.1 Å². The van der Waals surface area contributed by atoms with Gasteiger partial charge in [-0.2, -0.15) is 5.26 Å². The number of ether oxygens (including phenoxy) is 3. The number of esters is 1. The number of aromatic nitrogens is 1. The molecule has 36 heavy (non-hydrogen) atoms. The molecule has 1 aromatic heterocycles. The number of fused-ring (bicyclic) bond motifs is 1. The molecule has 0 spiro atoms. The third-order valence-corrected chi connectivity index (χ3v) is 6.34. The Morgan fingerprint density at radius 2 is 1.81 bits per heavy atom. The molecule has 1 N–H and O–H groups in total. The molecular formula is C27H27N3O6. The van der Waals surface area contributed by atoms with Crippen molar-refractivity contribution in [2.24, 2.45) is 11.8 Å². The van der Waals surface area contributed by atoms with Gasteiger partial charge in [0.05, 0.1) is 38.0 Å². The smallest absolute Gasteiger partial charge is 0.340 e. The standard InChI is InChI=1S/C27H27N3O6/c1-16-11-18(16)26(32)29-21-13-25(35-3)24(34-2)12-19(21)27(33)36-15-23(31)20-14-30(10-6-9-28)22-8-5-4-7-17(20)22/h4-5,7-8,12-14,16,18H,6,10-11,15H2,1-3H3,(H,29,32). The number of aryl methyl sites for hydroxylation is 1. The van der Waals surface area contributed by atoms with Crippen LogP contribution in [-0.4, -0.2) is 43.1 Å². The van der Waals surface area contributed by atoms with Gasteiger partial charge in [-0.3, -0.25) is 9.59 Å². The lowest BCUT2D eigenvalue weighted by molar-refractivity contribution is -0.117. The van der Waals surface area contributed by atoms with Crippen LogP contribution in [0.4, 0.5) is 5.69 Å². The van der Waals surface area contributed by atoms with E-state index in [-0.39, 0.29) is 40.5 Å². The third kappa shape index (κ3) is 5.03. The van der Waals surface area contributed by atoms with E-state index in [1.807, 2.05) is 35.8 Å². The maximum atomic E-state index is 13.0. The Morgan fingerprint density at radius 3 is 2.47 bits per heavy atom. The highest BCUT2D eigenvalue weighted by Crippen LogP contribution is 2.40. The highest BCUT2D eigenvalue weighted by atomic mass is 16.5. The second-order valence-electron chi connectivity index (χ2n) is 8.72. The molecule has 1 heterocycles. The Bertz CT molecular complexity index is 1370. The monoisotopic (exact) mass is 489 g/mol. The molecule has 1 fully saturated rings. The fraction of sp³-hybridized carbons (Fsp3) is 0.333. The van der Waals surface area contributed by atoms with Crippen LogP contribution in [0.15, 0.2) is 42.6 Å². The first-order chi connectivity index (χ1) is 17.4. The molecule has 186 valence electrons. The highest BCUT2D eigenvalue weighted by Gasteiger charge is 2.39. The van der Waals surface area contributed by atoms with Crippen LogP contribution in [0.2, 0.25) is 0 Å². The number of para-hydroxylation sites is 1. The van der Waals surface area contributed by atoms with Gasteiger partial charge in [0.1, 0.15) is 0 Å². The van der Waals surface area contributed by atoms with Crippen molar-refractivity contribution in [3.63, 3.8) is 0 Å². The number of benzene rings is 2. The molecular weight excluding hydrogens is 462 g/mol. The van der Waals surface area contributed by atoms with Gasteiger partial charge in [-0.1, -0.05) is 25.1 Å². The summed E-state index contributed by atoms with van der Waals surface area (Å²) in [5.41, 5.74) is 1.50. The molecule has 9 nitrogen and oxygen atoms in total. The fourth-order valence-corrected chi connectivity index (χ4v) is 4.18. The molecule has 1 amide bonds. The minimum Gasteiger partial charge on any atom is -0.493 e. The largest absolute Gasteiger partial charge is 0.493 e. The van der Waals surface area contributed by atoms with E-state index in [9.17, 15) is 14.4 Å². The number of carbonyl (C=O) groups is 3. The Balaban J connectivity index is 1.55. The van der Waals surface area contributed by atoms with Crippen LogP contribution in [0.3, 0.4) is 0 Å². The minimum atomic E-state index is -0.781. The first kappa shape index (κ1) is 24.8. The molecule has 3 aromatic rings. The minimum absolute atomic E-state index is 0.0542. The van der Waals surface area contributed by atoms with Gasteiger partial charge >= 0.3 is 5.97 Å². The molecule has 1 saturated carbocycles. The van der Waals surface area contributed by atoms with E-state index < -0.39 is 12.6 Å². The van der Waals surface area contributed by atoms with Crippen molar-refractivity contribution in [3.05, 3.63) is 53.7 Å². The Hall–Kier alpha value is -4.32. The van der Waals surface area contributed by atoms with Crippen molar-refractivity contribution >= 4 is 34.3 Å². The normalized spacial score (nSPS) is 16.2. The lowest BCUT2D eigenvalue weighted by atomic mass is 10.1. The average Bonchev–Trinajstić information content (AvgIpc) is 3.52. The Kier molecular flexibility index (Phi) is 7.25. The molecule has 2 unspecified atom stereocenters. The number of amides is 1. The molecule has 0 aliphatic heterocycles. The first-order valence-corrected chi connectivity index (χ1v) is 11.6. The van der Waals surface area contributed by atoms with Gasteiger partial charge in [0.15, 0.2) is 18.1 Å². The number of rotatable bonds is 10. The molecule has 9 heteroatoms. The van der Waals surface area contributed by atoms with Crippen molar-refractivity contribution in [1.82, 2.24) is 4.57 Å². The predicted molar refractivity (Wildman–Crippen MR) is 132 cm³/mol. The van der Waals surface area contributed by atoms with Crippen molar-refractivity contribution < 1.29 is 28.6 Å². The summed E-state index contributed by atoms with van der Waals surface area (Å²) in [7, 11) is 2.89. The van der Waals surface area contributed by atoms with Crippen molar-refractivity contribution in [2.45, 2.75) is 26.3 Å². The number of nitrogens with zero attached hydrogens (tertiary/aromatic N) is 2. The van der Waals surface area contributed by atoms with E-state index in [2.05, 4.69) is 11.4 Å². The third-order valence-electron chi connectivity index (χ3n) is 6.34. The van der Waals surface area contributed by atoms with E-state index >= 15 is 0 Å². The van der Waals surface area contributed by atoms with Crippen LogP contribution in [0, 0.1) is 23.2 Å². The van der Waals surface area contributed by atoms with Gasteiger partial charge in [-0.25, -0.2) is 4.79 Å². The zero-order chi connectivity index (χ0) is 25.8. The van der Waals surface area contributed by atoms with E-state index in [1.54, 1.807) is 6.20 Å². The lowest BCUT2D eigenvalue weighted by Crippen LogP contribution is -2.19. The molecule has 1 aliphatic rings. The van der Waals surface area contributed by atoms with E-state index in [4.69, 9.17) is 19.5 Å². The van der Waals surface area contributed by atoms with Gasteiger partial charge in [0.25, 0.3) is 0 Å². The Labute approximate surface area is 208 Å². The lowest BCUT2D eigenvalue weighted by Gasteiger charge is -2.15. The number of anilines is 1. The zero-order valence-corrected chi connectivity index (χ0v) is 20.4. The maximum absolute atomic E-state index is 13.0. The quantitative estimate of drug-likeness (QED) is 0.335. The summed E-state index contributed by atoms with van der Waals surface area (Å²) < 4.78 is 17.8. The number of ketones is 1. The summed E-state index contributed by atoms with van der Waals surface area (Å²) in [4.78, 5) is 38.6. The average molecular weight is 490 g/mol. The topological polar surface area (TPSA) is 120 Å². The number of Topliss-reactive ketones (excluding diaryl/α,β-unsaturated/α-hetero) is 1. The van der Waals surface area contributed by atoms with Crippen LogP contribution >= 0.6 is 0 Å². The number of nitriles is 1. The highest BCUT2D eigenvalue weighted by molar-refractivity contribution is 6.10. The van der Waals surface area contributed by atoms with Crippen molar-refractivity contribution in [2.75, 3.05) is 26.1 Å². The molecule has 2 atom stereocenters. The van der Waals surface area contributed by atoms with Crippen LogP contribution in [0.1, 0.15) is 40.5 Å². The maximum Gasteiger partial charge on any atom is 0.340 e. The number of methoxy groups -OCH3 is 2. The number of nitrogens with one attached hydrogen (secondary N) is 1. The van der Waals surface area contributed by atoms with E-state index in [1.165, 1.54) is 26.4 Å². The summed E-state index contributed by atoms with van der Waals surface area (Å²) in [6.07, 6.45) is 2.77. The van der Waals surface area contributed by atoms with Gasteiger partial charge in [-0.15, -0.1) is 0 Å². The molecule has 0 saturated heterocycles. The summed E-state index contributed by atoms with van der Waals surface area (Å²) >= 11 is 0. The number of hydrogen-bond donors (Lipinski definition) is 1. The second kappa shape index (κ2) is 10.5. The first-order valence-electron chi connectivity index (χ1n) is 11.6. The van der Waals surface area contributed by atoms with E-state index in [0.29, 0.717) is 29.7 Å². The molecule has 4 rings (SSSR count). The molecule has 0 radical (unpaired) electrons. The number of carbonyl (C=O) groups excluding carboxylic acids is 3. The fourth-order valence-electron chi connectivity index (χ4n) is 4.18. The SMILES string of the molecule is COc1cc(NC(=O)C2CC2C)c(C(=O)OCC(=O)c2cn(CCC#N)c3ccccc23)cc1OC. The molecule has 2 aromatic carbocycles. The van der Waals surface area contributed by atoms with Gasteiger partial charge < -0.3 is 24.1 Å². The van der Waals surface area contributed by atoms with Gasteiger partial charge in [0.2, 0.25) is 11.7 Å². The molecule has 0 bridgehead atoms. The van der Waals surface area contributed by atoms with Crippen LogP contribution in [0.25, 0.3) is 10.9 Å². The van der Waals surface area contributed by atoms with Crippen molar-refractivity contribution in [1.29, 1.82) is 5.26 Å². The second-order valence-corrected chi connectivity index (χ2v) is 8.72. The van der Waals surface area contributed by atoms with Gasteiger partial charge in [-0.05, 0) is 18.4 Å².